The quantitative estimate of drug-likeness (QED) is 0.719. The van der Waals surface area contributed by atoms with Crippen LogP contribution in [0.1, 0.15) is 49.1 Å². The number of imide groups is 1. The molecule has 2 fully saturated rings. The maximum Gasteiger partial charge on any atom is 0.233 e. The molecule has 2 atom stereocenters. The SMILES string of the molecule is O=C(CCN1C(=O)C2CCCCC2C1=O)NCC(c1ccccc1)c1ccccc1. The number of likely N-dealkylation sites (tertiary alicyclic amines) is 1. The van der Waals surface area contributed by atoms with Gasteiger partial charge in [0.15, 0.2) is 0 Å². The van der Waals surface area contributed by atoms with E-state index in [1.807, 2.05) is 36.4 Å². The number of hydrogen-bond donors (Lipinski definition) is 1. The van der Waals surface area contributed by atoms with E-state index in [1.54, 1.807) is 0 Å². The molecule has 2 aliphatic rings. The first kappa shape index (κ1) is 20.3. The first-order valence-corrected chi connectivity index (χ1v) is 10.9. The molecule has 4 rings (SSSR count). The largest absolute Gasteiger partial charge is 0.355 e. The number of rotatable bonds is 7. The summed E-state index contributed by atoms with van der Waals surface area (Å²) in [6, 6.07) is 20.2. The van der Waals surface area contributed by atoms with Gasteiger partial charge in [-0.15, -0.1) is 0 Å². The second kappa shape index (κ2) is 9.24. The van der Waals surface area contributed by atoms with E-state index in [0.717, 1.165) is 36.8 Å². The minimum absolute atomic E-state index is 0.0502. The Morgan fingerprint density at radius 2 is 1.37 bits per heavy atom. The Balaban J connectivity index is 1.35. The van der Waals surface area contributed by atoms with Crippen molar-refractivity contribution in [3.8, 4) is 0 Å². The van der Waals surface area contributed by atoms with Crippen molar-refractivity contribution >= 4 is 17.7 Å². The average Bonchev–Trinajstić information content (AvgIpc) is 3.04. The van der Waals surface area contributed by atoms with Gasteiger partial charge < -0.3 is 5.32 Å². The van der Waals surface area contributed by atoms with Gasteiger partial charge in [0.05, 0.1) is 11.8 Å². The van der Waals surface area contributed by atoms with Crippen LogP contribution in [0.15, 0.2) is 60.7 Å². The van der Waals surface area contributed by atoms with E-state index in [4.69, 9.17) is 0 Å². The van der Waals surface area contributed by atoms with Gasteiger partial charge >= 0.3 is 0 Å². The zero-order valence-corrected chi connectivity index (χ0v) is 17.1. The molecular formula is C25H28N2O3. The third-order valence-corrected chi connectivity index (χ3v) is 6.40. The number of nitrogens with one attached hydrogen (secondary N) is 1. The third kappa shape index (κ3) is 4.30. The van der Waals surface area contributed by atoms with Crippen molar-refractivity contribution in [3.63, 3.8) is 0 Å². The summed E-state index contributed by atoms with van der Waals surface area (Å²) in [5, 5.41) is 3.01. The molecule has 2 unspecified atom stereocenters. The lowest BCUT2D eigenvalue weighted by atomic mass is 9.81. The van der Waals surface area contributed by atoms with Gasteiger partial charge in [-0.25, -0.2) is 0 Å². The number of hydrogen-bond acceptors (Lipinski definition) is 3. The normalized spacial score (nSPS) is 21.0. The number of fused-ring (bicyclic) bond motifs is 1. The van der Waals surface area contributed by atoms with E-state index in [-0.39, 0.29) is 48.4 Å². The number of carbonyl (C=O) groups excluding carboxylic acids is 3. The Hall–Kier alpha value is -2.95. The summed E-state index contributed by atoms with van der Waals surface area (Å²) in [6.07, 6.45) is 3.76. The predicted octanol–water partition coefficient (Wildman–Crippen LogP) is 3.50. The van der Waals surface area contributed by atoms with Gasteiger partial charge in [0.2, 0.25) is 17.7 Å². The fourth-order valence-corrected chi connectivity index (χ4v) is 4.77. The second-order valence-electron chi connectivity index (χ2n) is 8.25. The van der Waals surface area contributed by atoms with Crippen LogP contribution in [0, 0.1) is 11.8 Å². The Bertz CT molecular complexity index is 834. The summed E-state index contributed by atoms with van der Waals surface area (Å²) in [5.74, 6) is -0.561. The van der Waals surface area contributed by atoms with Crippen molar-refractivity contribution in [3.05, 3.63) is 71.8 Å². The smallest absolute Gasteiger partial charge is 0.233 e. The van der Waals surface area contributed by atoms with E-state index in [0.29, 0.717) is 6.54 Å². The number of amides is 3. The summed E-state index contributed by atoms with van der Waals surface area (Å²) in [4.78, 5) is 39.0. The van der Waals surface area contributed by atoms with Crippen LogP contribution in [0.2, 0.25) is 0 Å². The van der Waals surface area contributed by atoms with Crippen LogP contribution in [0.5, 0.6) is 0 Å². The maximum atomic E-state index is 12.6. The number of nitrogens with zero attached hydrogens (tertiary/aromatic N) is 1. The average molecular weight is 405 g/mol. The third-order valence-electron chi connectivity index (χ3n) is 6.40. The molecule has 0 bridgehead atoms. The summed E-state index contributed by atoms with van der Waals surface area (Å²) < 4.78 is 0. The van der Waals surface area contributed by atoms with Gasteiger partial charge in [0, 0.05) is 25.4 Å². The van der Waals surface area contributed by atoms with Crippen molar-refractivity contribution in [1.82, 2.24) is 10.2 Å². The van der Waals surface area contributed by atoms with E-state index in [2.05, 4.69) is 29.6 Å². The molecule has 2 aromatic carbocycles. The Kier molecular flexibility index (Phi) is 6.26. The molecule has 1 aliphatic carbocycles. The van der Waals surface area contributed by atoms with Crippen LogP contribution in [0.3, 0.4) is 0 Å². The summed E-state index contributed by atoms with van der Waals surface area (Å²) in [5.41, 5.74) is 2.27. The van der Waals surface area contributed by atoms with Crippen LogP contribution in [-0.2, 0) is 14.4 Å². The van der Waals surface area contributed by atoms with E-state index in [1.165, 1.54) is 4.90 Å². The van der Waals surface area contributed by atoms with Gasteiger partial charge in [-0.05, 0) is 24.0 Å². The Labute approximate surface area is 177 Å². The molecule has 156 valence electrons. The van der Waals surface area contributed by atoms with Crippen molar-refractivity contribution in [2.24, 2.45) is 11.8 Å². The van der Waals surface area contributed by atoms with Crippen molar-refractivity contribution in [2.75, 3.05) is 13.1 Å². The molecule has 2 aromatic rings. The van der Waals surface area contributed by atoms with Crippen LogP contribution >= 0.6 is 0 Å². The first-order chi connectivity index (χ1) is 14.6. The minimum atomic E-state index is -0.158. The molecule has 3 amide bonds. The molecule has 5 heteroatoms. The van der Waals surface area contributed by atoms with Crippen LogP contribution < -0.4 is 5.32 Å². The first-order valence-electron chi connectivity index (χ1n) is 10.9. The van der Waals surface area contributed by atoms with Gasteiger partial charge in [0.1, 0.15) is 0 Å². The highest BCUT2D eigenvalue weighted by Crippen LogP contribution is 2.38. The summed E-state index contributed by atoms with van der Waals surface area (Å²) in [6.45, 7) is 0.651. The highest BCUT2D eigenvalue weighted by Gasteiger charge is 2.47. The second-order valence-corrected chi connectivity index (χ2v) is 8.25. The minimum Gasteiger partial charge on any atom is -0.355 e. The lowest BCUT2D eigenvalue weighted by Crippen LogP contribution is -2.36. The molecule has 1 aliphatic heterocycles. The lowest BCUT2D eigenvalue weighted by molar-refractivity contribution is -0.140. The molecule has 5 nitrogen and oxygen atoms in total. The highest BCUT2D eigenvalue weighted by atomic mass is 16.2. The van der Waals surface area contributed by atoms with E-state index < -0.39 is 0 Å². The monoisotopic (exact) mass is 404 g/mol. The van der Waals surface area contributed by atoms with Crippen LogP contribution in [0.4, 0.5) is 0 Å². The van der Waals surface area contributed by atoms with Gasteiger partial charge in [-0.2, -0.15) is 0 Å². The molecule has 30 heavy (non-hydrogen) atoms. The summed E-state index contributed by atoms with van der Waals surface area (Å²) in [7, 11) is 0. The van der Waals surface area contributed by atoms with Crippen LogP contribution in [-0.4, -0.2) is 35.7 Å². The lowest BCUT2D eigenvalue weighted by Gasteiger charge is -2.19. The zero-order chi connectivity index (χ0) is 20.9. The van der Waals surface area contributed by atoms with Gasteiger partial charge in [-0.1, -0.05) is 73.5 Å². The molecule has 1 saturated heterocycles. The van der Waals surface area contributed by atoms with Gasteiger partial charge in [-0.3, -0.25) is 19.3 Å². The standard InChI is InChI=1S/C25H28N2O3/c28-23(15-16-27-24(29)20-13-7-8-14-21(20)25(27)30)26-17-22(18-9-3-1-4-10-18)19-11-5-2-6-12-19/h1-6,9-12,20-22H,7-8,13-17H2,(H,26,28). The number of carbonyl (C=O) groups is 3. The van der Waals surface area contributed by atoms with E-state index >= 15 is 0 Å². The topological polar surface area (TPSA) is 66.5 Å². The van der Waals surface area contributed by atoms with Crippen LogP contribution in [0.25, 0.3) is 0 Å². The Morgan fingerprint density at radius 1 is 0.867 bits per heavy atom. The molecule has 1 N–H and O–H groups in total. The van der Waals surface area contributed by atoms with Gasteiger partial charge in [0.25, 0.3) is 0 Å². The molecule has 0 spiro atoms. The molecular weight excluding hydrogens is 376 g/mol. The van der Waals surface area contributed by atoms with Crippen molar-refractivity contribution < 1.29 is 14.4 Å². The predicted molar refractivity (Wildman–Crippen MR) is 115 cm³/mol. The van der Waals surface area contributed by atoms with Crippen molar-refractivity contribution in [1.29, 1.82) is 0 Å². The Morgan fingerprint density at radius 3 is 1.87 bits per heavy atom. The highest BCUT2D eigenvalue weighted by molar-refractivity contribution is 6.05. The molecule has 1 saturated carbocycles. The van der Waals surface area contributed by atoms with E-state index in [9.17, 15) is 14.4 Å². The van der Waals surface area contributed by atoms with Crippen molar-refractivity contribution in [2.45, 2.75) is 38.0 Å². The summed E-state index contributed by atoms with van der Waals surface area (Å²) >= 11 is 0. The fourth-order valence-electron chi connectivity index (χ4n) is 4.77. The fraction of sp³-hybridized carbons (Fsp3) is 0.400. The molecule has 1 heterocycles. The molecule has 0 radical (unpaired) electrons. The maximum absolute atomic E-state index is 12.6. The molecule has 0 aromatic heterocycles. The number of benzene rings is 2. The zero-order valence-electron chi connectivity index (χ0n) is 17.1.